The number of hydrogen-bond donors (Lipinski definition) is 1. The van der Waals surface area contributed by atoms with Crippen molar-refractivity contribution >= 4 is 17.9 Å². The Balaban J connectivity index is 1.44. The van der Waals surface area contributed by atoms with Crippen LogP contribution in [0.1, 0.15) is 11.1 Å². The van der Waals surface area contributed by atoms with Gasteiger partial charge in [-0.05, 0) is 60.3 Å². The van der Waals surface area contributed by atoms with E-state index < -0.39 is 0 Å². The van der Waals surface area contributed by atoms with Crippen molar-refractivity contribution in [2.24, 2.45) is 0 Å². The summed E-state index contributed by atoms with van der Waals surface area (Å²) in [4.78, 5) is 3.92. The van der Waals surface area contributed by atoms with Gasteiger partial charge in [0.2, 0.25) is 4.77 Å². The van der Waals surface area contributed by atoms with Crippen molar-refractivity contribution in [1.29, 1.82) is 0 Å². The second kappa shape index (κ2) is 7.62. The third-order valence-corrected chi connectivity index (χ3v) is 5.57. The number of tetrazole rings is 1. The van der Waals surface area contributed by atoms with Gasteiger partial charge < -0.3 is 9.80 Å². The van der Waals surface area contributed by atoms with Gasteiger partial charge in [-0.25, -0.2) is 0 Å². The van der Waals surface area contributed by atoms with Crippen LogP contribution >= 0.6 is 12.2 Å². The van der Waals surface area contributed by atoms with E-state index in [0.29, 0.717) is 4.77 Å². The average molecular weight is 382 g/mol. The Morgan fingerprint density at radius 1 is 1.00 bits per heavy atom. The standard InChI is InChI=1S/C20H24N6S/c1-16-8-9-19(17(2)14-16)26-20(27)25(21-22-26)15-23-10-12-24(13-11-23)18-6-4-3-5-7-18/h3-9,14H,10-13,15H2,1-2H3/p+1. The first-order chi connectivity index (χ1) is 13.1. The second-order valence-electron chi connectivity index (χ2n) is 7.19. The summed E-state index contributed by atoms with van der Waals surface area (Å²) < 4.78 is 4.27. The van der Waals surface area contributed by atoms with Crippen LogP contribution in [0.15, 0.2) is 48.5 Å². The number of quaternary nitrogens is 1. The highest BCUT2D eigenvalue weighted by Crippen LogP contribution is 2.15. The maximum atomic E-state index is 5.65. The molecule has 1 N–H and O–H groups in total. The number of hydrogen-bond acceptors (Lipinski definition) is 4. The number of piperazine rings is 1. The van der Waals surface area contributed by atoms with Gasteiger partial charge in [0.05, 0.1) is 31.9 Å². The quantitative estimate of drug-likeness (QED) is 0.700. The Kier molecular flexibility index (Phi) is 5.05. The SMILES string of the molecule is Cc1ccc(-n2nnn(C[NH+]3CCN(c4ccccc4)CC3)c2=S)c(C)c1. The molecule has 1 aliphatic rings. The molecule has 140 valence electrons. The van der Waals surface area contributed by atoms with Crippen molar-refractivity contribution in [2.45, 2.75) is 20.5 Å². The molecule has 2 aromatic carbocycles. The minimum Gasteiger partial charge on any atom is -0.360 e. The van der Waals surface area contributed by atoms with Crippen molar-refractivity contribution in [3.05, 3.63) is 64.4 Å². The fourth-order valence-corrected chi connectivity index (χ4v) is 3.89. The minimum absolute atomic E-state index is 0.653. The van der Waals surface area contributed by atoms with E-state index in [1.54, 1.807) is 4.68 Å². The van der Waals surface area contributed by atoms with Gasteiger partial charge in [-0.3, -0.25) is 0 Å². The van der Waals surface area contributed by atoms with Crippen LogP contribution in [0.2, 0.25) is 0 Å². The molecule has 3 aromatic rings. The van der Waals surface area contributed by atoms with Crippen LogP contribution in [0.4, 0.5) is 5.69 Å². The summed E-state index contributed by atoms with van der Waals surface area (Å²) in [6.45, 7) is 9.13. The lowest BCUT2D eigenvalue weighted by Gasteiger charge is -2.33. The lowest BCUT2D eigenvalue weighted by Crippen LogP contribution is -3.14. The number of nitrogens with zero attached hydrogens (tertiary/aromatic N) is 5. The molecular weight excluding hydrogens is 356 g/mol. The van der Waals surface area contributed by atoms with Crippen LogP contribution in [0.3, 0.4) is 0 Å². The molecule has 4 rings (SSSR count). The van der Waals surface area contributed by atoms with Gasteiger partial charge in [-0.15, -0.1) is 0 Å². The van der Waals surface area contributed by atoms with Crippen molar-refractivity contribution < 1.29 is 4.90 Å². The largest absolute Gasteiger partial charge is 0.360 e. The first kappa shape index (κ1) is 17.9. The zero-order valence-electron chi connectivity index (χ0n) is 15.8. The number of nitrogens with one attached hydrogen (secondary N) is 1. The number of aromatic nitrogens is 4. The van der Waals surface area contributed by atoms with E-state index in [4.69, 9.17) is 12.2 Å². The van der Waals surface area contributed by atoms with E-state index in [-0.39, 0.29) is 0 Å². The van der Waals surface area contributed by atoms with Gasteiger partial charge in [-0.1, -0.05) is 35.9 Å². The van der Waals surface area contributed by atoms with E-state index in [1.807, 2.05) is 4.68 Å². The third kappa shape index (κ3) is 3.79. The topological polar surface area (TPSA) is 43.3 Å². The third-order valence-electron chi connectivity index (χ3n) is 5.19. The molecule has 0 aliphatic carbocycles. The molecule has 2 heterocycles. The second-order valence-corrected chi connectivity index (χ2v) is 7.56. The molecule has 0 spiro atoms. The average Bonchev–Trinajstić information content (AvgIpc) is 3.03. The van der Waals surface area contributed by atoms with Gasteiger partial charge >= 0.3 is 0 Å². The highest BCUT2D eigenvalue weighted by Gasteiger charge is 2.21. The fraction of sp³-hybridized carbons (Fsp3) is 0.350. The van der Waals surface area contributed by atoms with Gasteiger partial charge in [0.25, 0.3) is 0 Å². The fourth-order valence-electron chi connectivity index (χ4n) is 3.66. The Hall–Kier alpha value is -2.51. The van der Waals surface area contributed by atoms with Crippen molar-refractivity contribution in [2.75, 3.05) is 31.1 Å². The molecule has 7 heteroatoms. The van der Waals surface area contributed by atoms with Crippen LogP contribution in [0.5, 0.6) is 0 Å². The molecule has 0 bridgehead atoms. The molecule has 6 nitrogen and oxygen atoms in total. The van der Waals surface area contributed by atoms with Crippen LogP contribution in [0.25, 0.3) is 5.69 Å². The lowest BCUT2D eigenvalue weighted by molar-refractivity contribution is -0.924. The monoisotopic (exact) mass is 381 g/mol. The molecule has 0 saturated carbocycles. The summed E-state index contributed by atoms with van der Waals surface area (Å²) in [6.07, 6.45) is 0. The van der Waals surface area contributed by atoms with Crippen molar-refractivity contribution in [1.82, 2.24) is 19.8 Å². The first-order valence-corrected chi connectivity index (χ1v) is 9.76. The summed E-state index contributed by atoms with van der Waals surface area (Å²) in [5, 5.41) is 8.62. The van der Waals surface area contributed by atoms with Gasteiger partial charge in [0.1, 0.15) is 0 Å². The first-order valence-electron chi connectivity index (χ1n) is 9.36. The number of anilines is 1. The highest BCUT2D eigenvalue weighted by atomic mass is 32.1. The van der Waals surface area contributed by atoms with E-state index in [9.17, 15) is 0 Å². The maximum Gasteiger partial charge on any atom is 0.225 e. The van der Waals surface area contributed by atoms with Gasteiger partial charge in [0, 0.05) is 5.69 Å². The number of benzene rings is 2. The molecule has 1 fully saturated rings. The minimum atomic E-state index is 0.653. The number of para-hydroxylation sites is 1. The zero-order valence-corrected chi connectivity index (χ0v) is 16.6. The molecule has 27 heavy (non-hydrogen) atoms. The zero-order chi connectivity index (χ0) is 18.8. The summed E-state index contributed by atoms with van der Waals surface area (Å²) in [5.74, 6) is 0. The molecule has 1 aliphatic heterocycles. The summed E-state index contributed by atoms with van der Waals surface area (Å²) in [6, 6.07) is 16.9. The predicted octanol–water partition coefficient (Wildman–Crippen LogP) is 1.78. The molecule has 0 radical (unpaired) electrons. The maximum absolute atomic E-state index is 5.65. The lowest BCUT2D eigenvalue weighted by atomic mass is 10.1. The van der Waals surface area contributed by atoms with Gasteiger partial charge in [-0.2, -0.15) is 9.36 Å². The highest BCUT2D eigenvalue weighted by molar-refractivity contribution is 7.71. The molecule has 1 saturated heterocycles. The van der Waals surface area contributed by atoms with Crippen LogP contribution in [-0.4, -0.2) is 46.0 Å². The normalized spacial score (nSPS) is 15.3. The van der Waals surface area contributed by atoms with Crippen LogP contribution < -0.4 is 9.80 Å². The molecule has 0 amide bonds. The van der Waals surface area contributed by atoms with Crippen molar-refractivity contribution in [3.63, 3.8) is 0 Å². The predicted molar refractivity (Wildman–Crippen MR) is 109 cm³/mol. The van der Waals surface area contributed by atoms with Crippen LogP contribution in [-0.2, 0) is 6.67 Å². The van der Waals surface area contributed by atoms with Gasteiger partial charge in [0.15, 0.2) is 6.67 Å². The molecule has 0 unspecified atom stereocenters. The molecule has 0 atom stereocenters. The number of aryl methyl sites for hydroxylation is 2. The van der Waals surface area contributed by atoms with E-state index in [0.717, 1.165) is 44.1 Å². The smallest absolute Gasteiger partial charge is 0.225 e. The van der Waals surface area contributed by atoms with Crippen molar-refractivity contribution in [3.8, 4) is 5.69 Å². The summed E-state index contributed by atoms with van der Waals surface area (Å²) >= 11 is 5.65. The van der Waals surface area contributed by atoms with E-state index >= 15 is 0 Å². The number of rotatable bonds is 4. The van der Waals surface area contributed by atoms with E-state index in [2.05, 4.69) is 77.7 Å². The Labute approximate surface area is 164 Å². The summed E-state index contributed by atoms with van der Waals surface area (Å²) in [5.41, 5.74) is 4.69. The Bertz CT molecular complexity index is 970. The van der Waals surface area contributed by atoms with E-state index in [1.165, 1.54) is 16.2 Å². The molecule has 1 aromatic heterocycles. The molecular formula is C20H25N6S+. The Morgan fingerprint density at radius 3 is 2.44 bits per heavy atom. The van der Waals surface area contributed by atoms with Crippen LogP contribution in [0, 0.1) is 18.6 Å². The summed E-state index contributed by atoms with van der Waals surface area (Å²) in [7, 11) is 0. The Morgan fingerprint density at radius 2 is 1.74 bits per heavy atom.